The predicted octanol–water partition coefficient (Wildman–Crippen LogP) is 4.92. The van der Waals surface area contributed by atoms with Crippen LogP contribution in [-0.4, -0.2) is 26.8 Å². The maximum Gasteiger partial charge on any atom is 0.270 e. The van der Waals surface area contributed by atoms with Crippen LogP contribution >= 0.6 is 11.6 Å². The highest BCUT2D eigenvalue weighted by molar-refractivity contribution is 6.30. The van der Waals surface area contributed by atoms with Gasteiger partial charge in [-0.2, -0.15) is 0 Å². The fourth-order valence-corrected chi connectivity index (χ4v) is 3.81. The maximum atomic E-state index is 11.0. The number of nitrogens with zero attached hydrogens (tertiary/aromatic N) is 5. The quantitative estimate of drug-likeness (QED) is 0.332. The molecular weight excluding hydrogens is 418 g/mol. The zero-order valence-electron chi connectivity index (χ0n) is 16.2. The molecular formula is C22H16ClN5O3. The van der Waals surface area contributed by atoms with Gasteiger partial charge in [0.2, 0.25) is 0 Å². The Kier molecular flexibility index (Phi) is 4.83. The Morgan fingerprint density at radius 1 is 1.03 bits per heavy atom. The number of anilines is 1. The van der Waals surface area contributed by atoms with E-state index in [4.69, 9.17) is 16.1 Å². The molecule has 0 aliphatic carbocycles. The van der Waals surface area contributed by atoms with E-state index >= 15 is 0 Å². The highest BCUT2D eigenvalue weighted by Crippen LogP contribution is 2.32. The summed E-state index contributed by atoms with van der Waals surface area (Å²) in [4.78, 5) is 12.7. The number of nitro groups is 1. The normalized spacial score (nSPS) is 13.1. The molecule has 2 aromatic carbocycles. The van der Waals surface area contributed by atoms with Crippen molar-refractivity contribution < 1.29 is 9.45 Å². The Hall–Kier alpha value is -3.78. The van der Waals surface area contributed by atoms with E-state index in [0.717, 1.165) is 41.4 Å². The molecule has 9 heteroatoms. The number of aromatic nitrogens is 3. The van der Waals surface area contributed by atoms with Crippen LogP contribution in [0.4, 0.5) is 11.5 Å². The smallest absolute Gasteiger partial charge is 0.270 e. The molecule has 154 valence electrons. The number of fused-ring (bicyclic) bond motifs is 1. The Labute approximate surface area is 182 Å². The average Bonchev–Trinajstić information content (AvgIpc) is 3.23. The van der Waals surface area contributed by atoms with Crippen LogP contribution in [0.15, 0.2) is 65.2 Å². The van der Waals surface area contributed by atoms with Crippen LogP contribution in [0.2, 0.25) is 5.02 Å². The summed E-state index contributed by atoms with van der Waals surface area (Å²) in [6.07, 6.45) is 0.769. The van der Waals surface area contributed by atoms with Crippen LogP contribution in [0.5, 0.6) is 0 Å². The zero-order chi connectivity index (χ0) is 21.4. The lowest BCUT2D eigenvalue weighted by molar-refractivity contribution is -0.384. The summed E-state index contributed by atoms with van der Waals surface area (Å²) in [5.41, 5.74) is 4.18. The summed E-state index contributed by atoms with van der Waals surface area (Å²) in [5.74, 6) is 1.49. The number of nitro benzene ring substituents is 1. The second-order valence-corrected chi connectivity index (χ2v) is 7.64. The molecule has 5 rings (SSSR count). The second kappa shape index (κ2) is 7.81. The van der Waals surface area contributed by atoms with Gasteiger partial charge >= 0.3 is 0 Å². The standard InChI is InChI=1S/C22H16ClN5O3/c23-16-6-4-14(5-7-16)22-18-10-11-27(13-20(18)26-31-22)21-9-8-19(24-25-21)15-2-1-3-17(12-15)28(29)30/h1-9,12H,10-11,13H2. The minimum atomic E-state index is -0.424. The van der Waals surface area contributed by atoms with Crippen LogP contribution in [0.1, 0.15) is 11.3 Å². The molecule has 1 aliphatic heterocycles. The molecule has 0 bridgehead atoms. The number of hydrogen-bond acceptors (Lipinski definition) is 7. The molecule has 0 saturated carbocycles. The van der Waals surface area contributed by atoms with Crippen LogP contribution in [0.3, 0.4) is 0 Å². The molecule has 3 heterocycles. The van der Waals surface area contributed by atoms with Crippen molar-refractivity contribution >= 4 is 23.1 Å². The molecule has 4 aromatic rings. The summed E-state index contributed by atoms with van der Waals surface area (Å²) in [5, 5.41) is 24.5. The summed E-state index contributed by atoms with van der Waals surface area (Å²) >= 11 is 5.98. The van der Waals surface area contributed by atoms with E-state index in [-0.39, 0.29) is 5.69 Å². The molecule has 1 aliphatic rings. The molecule has 31 heavy (non-hydrogen) atoms. The van der Waals surface area contributed by atoms with E-state index < -0.39 is 4.92 Å². The van der Waals surface area contributed by atoms with Crippen LogP contribution in [0, 0.1) is 10.1 Å². The van der Waals surface area contributed by atoms with E-state index in [9.17, 15) is 10.1 Å². The minimum Gasteiger partial charge on any atom is -0.356 e. The first-order valence-corrected chi connectivity index (χ1v) is 10.0. The molecule has 0 unspecified atom stereocenters. The van der Waals surface area contributed by atoms with Crippen molar-refractivity contribution in [1.82, 2.24) is 15.4 Å². The van der Waals surface area contributed by atoms with Gasteiger partial charge in [0.05, 0.1) is 17.2 Å². The highest BCUT2D eigenvalue weighted by atomic mass is 35.5. The molecule has 8 nitrogen and oxygen atoms in total. The number of non-ortho nitro benzene ring substituents is 1. The lowest BCUT2D eigenvalue weighted by Crippen LogP contribution is -2.31. The minimum absolute atomic E-state index is 0.0226. The van der Waals surface area contributed by atoms with E-state index in [1.54, 1.807) is 12.1 Å². The van der Waals surface area contributed by atoms with Crippen molar-refractivity contribution in [1.29, 1.82) is 0 Å². The Morgan fingerprint density at radius 2 is 1.87 bits per heavy atom. The second-order valence-electron chi connectivity index (χ2n) is 7.20. The van der Waals surface area contributed by atoms with Crippen LogP contribution in [0.25, 0.3) is 22.6 Å². The van der Waals surface area contributed by atoms with Gasteiger partial charge in [-0.05, 0) is 42.8 Å². The van der Waals surface area contributed by atoms with E-state index in [1.807, 2.05) is 36.4 Å². The van der Waals surface area contributed by atoms with E-state index in [0.29, 0.717) is 22.8 Å². The van der Waals surface area contributed by atoms with Crippen molar-refractivity contribution in [2.24, 2.45) is 0 Å². The summed E-state index contributed by atoms with van der Waals surface area (Å²) < 4.78 is 5.62. The molecule has 0 spiro atoms. The van der Waals surface area contributed by atoms with Gasteiger partial charge < -0.3 is 9.42 Å². The Bertz CT molecular complexity index is 1260. The zero-order valence-corrected chi connectivity index (χ0v) is 17.0. The molecule has 0 saturated heterocycles. The first-order chi connectivity index (χ1) is 15.1. The van der Waals surface area contributed by atoms with Gasteiger partial charge in [0.1, 0.15) is 5.69 Å². The highest BCUT2D eigenvalue weighted by Gasteiger charge is 2.25. The summed E-state index contributed by atoms with van der Waals surface area (Å²) in [6.45, 7) is 1.32. The topological polar surface area (TPSA) is 98.2 Å². The van der Waals surface area contributed by atoms with Crippen molar-refractivity contribution in [2.75, 3.05) is 11.4 Å². The van der Waals surface area contributed by atoms with Crippen molar-refractivity contribution in [2.45, 2.75) is 13.0 Å². The van der Waals surface area contributed by atoms with Gasteiger partial charge in [0, 0.05) is 40.4 Å². The molecule has 2 aromatic heterocycles. The fourth-order valence-electron chi connectivity index (χ4n) is 3.68. The number of rotatable bonds is 4. The van der Waals surface area contributed by atoms with Crippen molar-refractivity contribution in [3.05, 3.63) is 87.1 Å². The molecule has 0 amide bonds. The maximum absolute atomic E-state index is 11.0. The monoisotopic (exact) mass is 433 g/mol. The van der Waals surface area contributed by atoms with Crippen molar-refractivity contribution in [3.63, 3.8) is 0 Å². The fraction of sp³-hybridized carbons (Fsp3) is 0.136. The van der Waals surface area contributed by atoms with Crippen LogP contribution in [-0.2, 0) is 13.0 Å². The Balaban J connectivity index is 1.36. The largest absolute Gasteiger partial charge is 0.356 e. The third kappa shape index (κ3) is 3.73. The molecule has 0 N–H and O–H groups in total. The third-order valence-corrected chi connectivity index (χ3v) is 5.53. The van der Waals surface area contributed by atoms with Gasteiger partial charge in [0.25, 0.3) is 5.69 Å². The lowest BCUT2D eigenvalue weighted by Gasteiger charge is -2.26. The van der Waals surface area contributed by atoms with Gasteiger partial charge in [-0.25, -0.2) is 0 Å². The summed E-state index contributed by atoms with van der Waals surface area (Å²) in [7, 11) is 0. The first kappa shape index (κ1) is 19.2. The summed E-state index contributed by atoms with van der Waals surface area (Å²) in [6, 6.07) is 17.6. The Morgan fingerprint density at radius 3 is 2.61 bits per heavy atom. The van der Waals surface area contributed by atoms with E-state index in [1.165, 1.54) is 12.1 Å². The molecule has 0 atom stereocenters. The van der Waals surface area contributed by atoms with Crippen molar-refractivity contribution in [3.8, 4) is 22.6 Å². The lowest BCUT2D eigenvalue weighted by atomic mass is 10.0. The molecule has 0 radical (unpaired) electrons. The van der Waals surface area contributed by atoms with Gasteiger partial charge in [-0.1, -0.05) is 28.9 Å². The number of benzene rings is 2. The number of halogens is 1. The third-order valence-electron chi connectivity index (χ3n) is 5.28. The SMILES string of the molecule is O=[N+]([O-])c1cccc(-c2ccc(N3CCc4c(noc4-c4ccc(Cl)cc4)C3)nn2)c1. The van der Waals surface area contributed by atoms with E-state index in [2.05, 4.69) is 20.3 Å². The van der Waals surface area contributed by atoms with Gasteiger partial charge in [-0.15, -0.1) is 10.2 Å². The predicted molar refractivity (Wildman–Crippen MR) is 116 cm³/mol. The van der Waals surface area contributed by atoms with Crippen LogP contribution < -0.4 is 4.90 Å². The first-order valence-electron chi connectivity index (χ1n) is 9.65. The number of hydrogen-bond donors (Lipinski definition) is 0. The molecule has 0 fully saturated rings. The average molecular weight is 434 g/mol. The van der Waals surface area contributed by atoms with Gasteiger partial charge in [0.15, 0.2) is 11.6 Å². The van der Waals surface area contributed by atoms with Gasteiger partial charge in [-0.3, -0.25) is 10.1 Å².